The summed E-state index contributed by atoms with van der Waals surface area (Å²) in [6.45, 7) is 0.300. The van der Waals surface area contributed by atoms with Gasteiger partial charge in [-0.2, -0.15) is 8.42 Å². The fraction of sp³-hybridized carbons (Fsp3) is 0.348. The molecule has 8 nitrogen and oxygen atoms in total. The topological polar surface area (TPSA) is 97.5 Å². The van der Waals surface area contributed by atoms with E-state index in [0.717, 1.165) is 11.6 Å². The quantitative estimate of drug-likeness (QED) is 0.458. The second-order valence-corrected chi connectivity index (χ2v) is 10.6. The normalized spacial score (nSPS) is 21.1. The maximum Gasteiger partial charge on any atom is 0.290 e. The number of nitrogens with one attached hydrogen (secondary N) is 3. The molecule has 1 saturated heterocycles. The van der Waals surface area contributed by atoms with Crippen LogP contribution in [0.5, 0.6) is 0 Å². The first-order valence-electron chi connectivity index (χ1n) is 11.1. The summed E-state index contributed by atoms with van der Waals surface area (Å²) in [5.74, 6) is -2.03. The number of rotatable bonds is 7. The molecule has 0 unspecified atom stereocenters. The van der Waals surface area contributed by atoms with Crippen LogP contribution in [0.4, 0.5) is 13.2 Å². The largest absolute Gasteiger partial charge is 0.352 e. The van der Waals surface area contributed by atoms with Crippen LogP contribution in [0.15, 0.2) is 36.4 Å². The zero-order chi connectivity index (χ0) is 24.9. The van der Waals surface area contributed by atoms with E-state index in [2.05, 4.69) is 14.5 Å². The van der Waals surface area contributed by atoms with Crippen molar-refractivity contribution in [1.82, 2.24) is 24.4 Å². The Morgan fingerprint density at radius 3 is 2.46 bits per heavy atom. The van der Waals surface area contributed by atoms with E-state index in [4.69, 9.17) is 0 Å². The molecule has 0 spiro atoms. The number of carbonyl (C=O) groups is 1. The van der Waals surface area contributed by atoms with E-state index in [9.17, 15) is 26.4 Å². The van der Waals surface area contributed by atoms with E-state index >= 15 is 0 Å². The van der Waals surface area contributed by atoms with Crippen LogP contribution in [-0.4, -0.2) is 56.0 Å². The van der Waals surface area contributed by atoms with Gasteiger partial charge in [-0.25, -0.2) is 22.9 Å². The van der Waals surface area contributed by atoms with Gasteiger partial charge in [0.15, 0.2) is 0 Å². The van der Waals surface area contributed by atoms with E-state index in [-0.39, 0.29) is 43.0 Å². The van der Waals surface area contributed by atoms with Crippen molar-refractivity contribution in [1.29, 1.82) is 0 Å². The predicted octanol–water partition coefficient (Wildman–Crippen LogP) is 2.82. The summed E-state index contributed by atoms with van der Waals surface area (Å²) in [4.78, 5) is 18.4. The molecule has 0 atom stereocenters. The van der Waals surface area contributed by atoms with Gasteiger partial charge >= 0.3 is 0 Å². The number of H-pyrrole nitrogens is 1. The molecule has 3 N–H and O–H groups in total. The number of nitrogens with zero attached hydrogens (tertiary/aromatic N) is 2. The summed E-state index contributed by atoms with van der Waals surface area (Å²) in [5.41, 5.74) is 2.16. The van der Waals surface area contributed by atoms with E-state index < -0.39 is 27.7 Å². The number of benzene rings is 2. The van der Waals surface area contributed by atoms with Crippen LogP contribution >= 0.6 is 0 Å². The third kappa shape index (κ3) is 4.79. The molecule has 1 aliphatic heterocycles. The van der Waals surface area contributed by atoms with E-state index in [1.165, 1.54) is 28.1 Å². The van der Waals surface area contributed by atoms with Crippen molar-refractivity contribution in [2.75, 3.05) is 26.8 Å². The summed E-state index contributed by atoms with van der Waals surface area (Å²) in [6.07, 6.45) is 1.21. The van der Waals surface area contributed by atoms with Crippen molar-refractivity contribution in [3.8, 4) is 11.3 Å². The third-order valence-electron chi connectivity index (χ3n) is 6.59. The average molecular weight is 508 g/mol. The van der Waals surface area contributed by atoms with Crippen molar-refractivity contribution < 1.29 is 26.4 Å². The standard InChI is InChI=1S/C23H24F3N5O3S/c1-30-12-31(11-20(30)32)29-35(33,34)27-10-13-6-15(7-13)21-18-8-17(25)9-19(26)23(18)28-22(21)14-2-4-16(24)5-3-14/h2-5,8-9,13,15,27-29H,6-7,10-12H2,1H3. The first-order chi connectivity index (χ1) is 16.6. The minimum absolute atomic E-state index is 0.0175. The van der Waals surface area contributed by atoms with Gasteiger partial charge in [0.25, 0.3) is 10.2 Å². The second-order valence-electron chi connectivity index (χ2n) is 9.14. The first-order valence-corrected chi connectivity index (χ1v) is 12.6. The number of fused-ring (bicyclic) bond motifs is 1. The molecule has 0 radical (unpaired) electrons. The fourth-order valence-corrected chi connectivity index (χ4v) is 5.79. The Morgan fingerprint density at radius 1 is 1.09 bits per heavy atom. The lowest BCUT2D eigenvalue weighted by Gasteiger charge is -2.36. The van der Waals surface area contributed by atoms with Crippen LogP contribution in [0, 0.1) is 23.4 Å². The monoisotopic (exact) mass is 507 g/mol. The van der Waals surface area contributed by atoms with Crippen LogP contribution < -0.4 is 9.55 Å². The smallest absolute Gasteiger partial charge is 0.290 e. The molecule has 2 aromatic carbocycles. The number of likely N-dealkylation sites (N-methyl/N-ethyl adjacent to an activating group) is 1. The van der Waals surface area contributed by atoms with Crippen molar-refractivity contribution in [3.05, 3.63) is 59.4 Å². The number of aromatic nitrogens is 1. The molecule has 2 heterocycles. The molecule has 1 amide bonds. The highest BCUT2D eigenvalue weighted by Gasteiger charge is 2.36. The summed E-state index contributed by atoms with van der Waals surface area (Å²) in [5, 5.41) is 1.73. The van der Waals surface area contributed by atoms with Gasteiger partial charge in [-0.15, -0.1) is 4.83 Å². The number of hydrogen-bond donors (Lipinski definition) is 3. The highest BCUT2D eigenvalue weighted by atomic mass is 32.2. The van der Waals surface area contributed by atoms with Gasteiger partial charge in [0.2, 0.25) is 5.91 Å². The molecule has 1 aliphatic carbocycles. The summed E-state index contributed by atoms with van der Waals surface area (Å²) in [6, 6.07) is 7.86. The van der Waals surface area contributed by atoms with Gasteiger partial charge in [-0.3, -0.25) is 4.79 Å². The highest BCUT2D eigenvalue weighted by Crippen LogP contribution is 2.48. The molecule has 35 heavy (non-hydrogen) atoms. The van der Waals surface area contributed by atoms with E-state index in [0.29, 0.717) is 29.5 Å². The van der Waals surface area contributed by atoms with E-state index in [1.807, 2.05) is 0 Å². The molecule has 0 bridgehead atoms. The molecule has 2 fully saturated rings. The molecule has 12 heteroatoms. The van der Waals surface area contributed by atoms with Crippen LogP contribution in [-0.2, 0) is 15.0 Å². The Balaban J connectivity index is 1.31. The summed E-state index contributed by atoms with van der Waals surface area (Å²) >= 11 is 0. The zero-order valence-corrected chi connectivity index (χ0v) is 19.6. The number of carbonyl (C=O) groups excluding carboxylic acids is 1. The maximum atomic E-state index is 14.5. The third-order valence-corrected chi connectivity index (χ3v) is 7.63. The Bertz CT molecular complexity index is 1390. The number of halogens is 3. The molecule has 2 aliphatic rings. The number of aromatic amines is 1. The Morgan fingerprint density at radius 2 is 1.80 bits per heavy atom. The van der Waals surface area contributed by atoms with Crippen molar-refractivity contribution in [2.45, 2.75) is 18.8 Å². The Kier molecular flexibility index (Phi) is 6.08. The van der Waals surface area contributed by atoms with Crippen LogP contribution in [0.25, 0.3) is 22.2 Å². The number of hydrazine groups is 1. The van der Waals surface area contributed by atoms with Crippen molar-refractivity contribution in [2.24, 2.45) is 5.92 Å². The van der Waals surface area contributed by atoms with Gasteiger partial charge in [0.1, 0.15) is 17.5 Å². The second kappa shape index (κ2) is 8.94. The summed E-state index contributed by atoms with van der Waals surface area (Å²) < 4.78 is 69.2. The Hall–Kier alpha value is -2.93. The summed E-state index contributed by atoms with van der Waals surface area (Å²) in [7, 11) is -2.26. The lowest BCUT2D eigenvalue weighted by atomic mass is 9.70. The number of amides is 1. The van der Waals surface area contributed by atoms with Gasteiger partial charge in [-0.1, -0.05) is 0 Å². The fourth-order valence-electron chi connectivity index (χ4n) is 4.81. The molecule has 5 rings (SSSR count). The van der Waals surface area contributed by atoms with Crippen molar-refractivity contribution in [3.63, 3.8) is 0 Å². The average Bonchev–Trinajstić information content (AvgIpc) is 3.26. The maximum absolute atomic E-state index is 14.5. The molecular weight excluding hydrogens is 483 g/mol. The van der Waals surface area contributed by atoms with Crippen LogP contribution in [0.1, 0.15) is 24.3 Å². The number of hydrogen-bond acceptors (Lipinski definition) is 4. The van der Waals surface area contributed by atoms with Gasteiger partial charge < -0.3 is 9.88 Å². The van der Waals surface area contributed by atoms with Crippen LogP contribution in [0.2, 0.25) is 0 Å². The minimum atomic E-state index is -3.85. The molecule has 3 aromatic rings. The minimum Gasteiger partial charge on any atom is -0.352 e. The first kappa shape index (κ1) is 23.8. The Labute approximate surface area is 200 Å². The van der Waals surface area contributed by atoms with Crippen LogP contribution in [0.3, 0.4) is 0 Å². The molecule has 1 saturated carbocycles. The molecule has 186 valence electrons. The predicted molar refractivity (Wildman–Crippen MR) is 123 cm³/mol. The van der Waals surface area contributed by atoms with Gasteiger partial charge in [0, 0.05) is 25.0 Å². The van der Waals surface area contributed by atoms with Crippen molar-refractivity contribution >= 4 is 27.0 Å². The van der Waals surface area contributed by atoms with E-state index in [1.54, 1.807) is 19.2 Å². The molecule has 1 aromatic heterocycles. The van der Waals surface area contributed by atoms with Gasteiger partial charge in [-0.05, 0) is 66.1 Å². The van der Waals surface area contributed by atoms with Gasteiger partial charge in [0.05, 0.1) is 24.4 Å². The SMILES string of the molecule is CN1CN(NS(=O)(=O)NCC2CC(c3c(-c4ccc(F)cc4)[nH]c4c(F)cc(F)cc34)C2)CC1=O. The molecular formula is C23H24F3N5O3S. The zero-order valence-electron chi connectivity index (χ0n) is 18.8. The lowest BCUT2D eigenvalue weighted by Crippen LogP contribution is -2.48. The highest BCUT2D eigenvalue weighted by molar-refractivity contribution is 7.87. The lowest BCUT2D eigenvalue weighted by molar-refractivity contribution is -0.125.